The van der Waals surface area contributed by atoms with Crippen molar-refractivity contribution in [3.8, 4) is 0 Å². The second kappa shape index (κ2) is 6.53. The van der Waals surface area contributed by atoms with Crippen molar-refractivity contribution < 1.29 is 9.53 Å². The lowest BCUT2D eigenvalue weighted by Gasteiger charge is -2.25. The fourth-order valence-electron chi connectivity index (χ4n) is 2.30. The van der Waals surface area contributed by atoms with Gasteiger partial charge in [-0.1, -0.05) is 42.5 Å². The van der Waals surface area contributed by atoms with E-state index in [1.807, 2.05) is 12.1 Å². The van der Waals surface area contributed by atoms with Crippen LogP contribution in [-0.4, -0.2) is 30.6 Å². The quantitative estimate of drug-likeness (QED) is 0.782. The Morgan fingerprint density at radius 3 is 2.55 bits per heavy atom. The number of methoxy groups -OCH3 is 1. The van der Waals surface area contributed by atoms with Crippen LogP contribution in [0.25, 0.3) is 10.8 Å². The van der Waals surface area contributed by atoms with E-state index in [9.17, 15) is 4.79 Å². The third-order valence-corrected chi connectivity index (χ3v) is 3.54. The molecular formula is C17H21NO2. The average molecular weight is 271 g/mol. The van der Waals surface area contributed by atoms with E-state index >= 15 is 0 Å². The maximum absolute atomic E-state index is 11.5. The monoisotopic (exact) mass is 271 g/mol. The van der Waals surface area contributed by atoms with E-state index in [0.29, 0.717) is 6.54 Å². The molecule has 106 valence electrons. The molecule has 0 aliphatic heterocycles. The molecule has 20 heavy (non-hydrogen) atoms. The van der Waals surface area contributed by atoms with Crippen molar-refractivity contribution in [2.75, 3.05) is 13.7 Å². The highest BCUT2D eigenvalue weighted by Crippen LogP contribution is 2.20. The van der Waals surface area contributed by atoms with Crippen LogP contribution >= 0.6 is 0 Å². The number of rotatable bonds is 5. The number of benzene rings is 2. The Morgan fingerprint density at radius 2 is 1.85 bits per heavy atom. The predicted octanol–water partition coefficient (Wildman–Crippen LogP) is 3.22. The van der Waals surface area contributed by atoms with Crippen LogP contribution in [0, 0.1) is 0 Å². The minimum Gasteiger partial charge on any atom is -0.468 e. The molecule has 0 fully saturated rings. The first-order chi connectivity index (χ1) is 9.61. The van der Waals surface area contributed by atoms with Gasteiger partial charge >= 0.3 is 5.97 Å². The Labute approximate surface area is 120 Å². The normalized spacial score (nSPS) is 11.2. The Kier molecular flexibility index (Phi) is 4.74. The van der Waals surface area contributed by atoms with Crippen molar-refractivity contribution in [2.24, 2.45) is 0 Å². The van der Waals surface area contributed by atoms with Gasteiger partial charge in [0.2, 0.25) is 0 Å². The molecule has 0 heterocycles. The van der Waals surface area contributed by atoms with Gasteiger partial charge in [-0.15, -0.1) is 0 Å². The van der Waals surface area contributed by atoms with Gasteiger partial charge in [0.15, 0.2) is 0 Å². The standard InChI is InChI=1S/C17H21NO2/c1-13(2)18(12-17(19)20-3)11-15-9-6-8-14-7-4-5-10-16(14)15/h4-10,13H,11-12H2,1-3H3. The first-order valence-electron chi connectivity index (χ1n) is 6.89. The van der Waals surface area contributed by atoms with Gasteiger partial charge < -0.3 is 4.74 Å². The highest BCUT2D eigenvalue weighted by molar-refractivity contribution is 5.85. The van der Waals surface area contributed by atoms with Crippen molar-refractivity contribution in [3.05, 3.63) is 48.0 Å². The van der Waals surface area contributed by atoms with Gasteiger partial charge in [0.05, 0.1) is 13.7 Å². The molecule has 3 heteroatoms. The van der Waals surface area contributed by atoms with E-state index in [0.717, 1.165) is 6.54 Å². The number of nitrogens with zero attached hydrogens (tertiary/aromatic N) is 1. The Balaban J connectivity index is 2.26. The first kappa shape index (κ1) is 14.5. The van der Waals surface area contributed by atoms with Crippen LogP contribution in [-0.2, 0) is 16.1 Å². The van der Waals surface area contributed by atoms with E-state index in [1.54, 1.807) is 0 Å². The number of hydrogen-bond acceptors (Lipinski definition) is 3. The van der Waals surface area contributed by atoms with Crippen LogP contribution in [0.3, 0.4) is 0 Å². The molecule has 0 spiro atoms. The van der Waals surface area contributed by atoms with E-state index in [2.05, 4.69) is 49.1 Å². The minimum absolute atomic E-state index is 0.195. The number of carbonyl (C=O) groups is 1. The molecule has 2 aromatic carbocycles. The molecule has 0 amide bonds. The molecule has 0 aliphatic carbocycles. The third-order valence-electron chi connectivity index (χ3n) is 3.54. The summed E-state index contributed by atoms with van der Waals surface area (Å²) >= 11 is 0. The van der Waals surface area contributed by atoms with Crippen molar-refractivity contribution >= 4 is 16.7 Å². The van der Waals surface area contributed by atoms with Crippen LogP contribution in [0.15, 0.2) is 42.5 Å². The van der Waals surface area contributed by atoms with Crippen LogP contribution in [0.2, 0.25) is 0 Å². The van der Waals surface area contributed by atoms with Crippen molar-refractivity contribution in [3.63, 3.8) is 0 Å². The van der Waals surface area contributed by atoms with Gasteiger partial charge in [-0.2, -0.15) is 0 Å². The van der Waals surface area contributed by atoms with Crippen molar-refractivity contribution in [1.29, 1.82) is 0 Å². The highest BCUT2D eigenvalue weighted by Gasteiger charge is 2.15. The summed E-state index contributed by atoms with van der Waals surface area (Å²) in [6.45, 7) is 5.24. The molecule has 0 saturated heterocycles. The number of ether oxygens (including phenoxy) is 1. The summed E-state index contributed by atoms with van der Waals surface area (Å²) < 4.78 is 4.78. The lowest BCUT2D eigenvalue weighted by Crippen LogP contribution is -2.35. The van der Waals surface area contributed by atoms with Gasteiger partial charge in [-0.3, -0.25) is 9.69 Å². The van der Waals surface area contributed by atoms with Gasteiger partial charge in [0.1, 0.15) is 0 Å². The molecule has 0 aliphatic rings. The molecule has 3 nitrogen and oxygen atoms in total. The molecule has 0 atom stereocenters. The molecule has 2 aromatic rings. The van der Waals surface area contributed by atoms with E-state index in [4.69, 9.17) is 4.74 Å². The fourth-order valence-corrected chi connectivity index (χ4v) is 2.30. The molecule has 2 rings (SSSR count). The molecule has 0 N–H and O–H groups in total. The summed E-state index contributed by atoms with van der Waals surface area (Å²) in [4.78, 5) is 13.6. The van der Waals surface area contributed by atoms with Gasteiger partial charge in [-0.05, 0) is 30.2 Å². The number of fused-ring (bicyclic) bond motifs is 1. The van der Waals surface area contributed by atoms with Crippen LogP contribution in [0.5, 0.6) is 0 Å². The SMILES string of the molecule is COC(=O)CN(Cc1cccc2ccccc12)C(C)C. The summed E-state index contributed by atoms with van der Waals surface area (Å²) in [5.41, 5.74) is 1.24. The van der Waals surface area contributed by atoms with Crippen LogP contribution < -0.4 is 0 Å². The predicted molar refractivity (Wildman–Crippen MR) is 81.5 cm³/mol. The number of esters is 1. The lowest BCUT2D eigenvalue weighted by molar-refractivity contribution is -0.142. The maximum atomic E-state index is 11.5. The molecule has 0 bridgehead atoms. The lowest BCUT2D eigenvalue weighted by atomic mass is 10.0. The summed E-state index contributed by atoms with van der Waals surface area (Å²) in [7, 11) is 1.43. The molecule has 0 aromatic heterocycles. The van der Waals surface area contributed by atoms with Gasteiger partial charge in [0.25, 0.3) is 0 Å². The topological polar surface area (TPSA) is 29.5 Å². The zero-order valence-electron chi connectivity index (χ0n) is 12.3. The second-order valence-electron chi connectivity index (χ2n) is 5.21. The Hall–Kier alpha value is -1.87. The van der Waals surface area contributed by atoms with E-state index < -0.39 is 0 Å². The van der Waals surface area contributed by atoms with E-state index in [-0.39, 0.29) is 12.0 Å². The van der Waals surface area contributed by atoms with E-state index in [1.165, 1.54) is 23.4 Å². The van der Waals surface area contributed by atoms with Gasteiger partial charge in [-0.25, -0.2) is 0 Å². The Bertz CT molecular complexity index is 587. The second-order valence-corrected chi connectivity index (χ2v) is 5.21. The number of hydrogen-bond donors (Lipinski definition) is 0. The van der Waals surface area contributed by atoms with Gasteiger partial charge in [0, 0.05) is 12.6 Å². The largest absolute Gasteiger partial charge is 0.468 e. The maximum Gasteiger partial charge on any atom is 0.319 e. The third kappa shape index (κ3) is 3.36. The molecular weight excluding hydrogens is 250 g/mol. The van der Waals surface area contributed by atoms with Crippen molar-refractivity contribution in [1.82, 2.24) is 4.90 Å². The minimum atomic E-state index is -0.195. The zero-order chi connectivity index (χ0) is 14.5. The van der Waals surface area contributed by atoms with Crippen LogP contribution in [0.4, 0.5) is 0 Å². The first-order valence-corrected chi connectivity index (χ1v) is 6.89. The zero-order valence-corrected chi connectivity index (χ0v) is 12.3. The molecule has 0 radical (unpaired) electrons. The molecule has 0 unspecified atom stereocenters. The summed E-state index contributed by atoms with van der Waals surface area (Å²) in [5, 5.41) is 2.47. The Morgan fingerprint density at radius 1 is 1.15 bits per heavy atom. The average Bonchev–Trinajstić information content (AvgIpc) is 2.46. The molecule has 0 saturated carbocycles. The summed E-state index contributed by atoms with van der Waals surface area (Å²) in [5.74, 6) is -0.195. The van der Waals surface area contributed by atoms with Crippen molar-refractivity contribution in [2.45, 2.75) is 26.4 Å². The highest BCUT2D eigenvalue weighted by atomic mass is 16.5. The number of carbonyl (C=O) groups excluding carboxylic acids is 1. The summed E-state index contributed by atoms with van der Waals surface area (Å²) in [6, 6.07) is 14.9. The smallest absolute Gasteiger partial charge is 0.319 e. The van der Waals surface area contributed by atoms with Crippen LogP contribution in [0.1, 0.15) is 19.4 Å². The fraction of sp³-hybridized carbons (Fsp3) is 0.353. The summed E-state index contributed by atoms with van der Waals surface area (Å²) in [6.07, 6.45) is 0.